The van der Waals surface area contributed by atoms with Crippen LogP contribution in [0.25, 0.3) is 10.6 Å². The highest BCUT2D eigenvalue weighted by Crippen LogP contribution is 2.37. The molecule has 7 nitrogen and oxygen atoms in total. The van der Waals surface area contributed by atoms with Gasteiger partial charge in [-0.25, -0.2) is 4.98 Å². The van der Waals surface area contributed by atoms with Gasteiger partial charge in [-0.1, -0.05) is 24.2 Å². The summed E-state index contributed by atoms with van der Waals surface area (Å²) in [4.78, 5) is 5.81. The van der Waals surface area contributed by atoms with Crippen LogP contribution in [0, 0.1) is 6.92 Å². The van der Waals surface area contributed by atoms with E-state index in [2.05, 4.69) is 22.3 Å². The number of methoxy groups -OCH3 is 3. The van der Waals surface area contributed by atoms with Gasteiger partial charge in [0.2, 0.25) is 0 Å². The zero-order chi connectivity index (χ0) is 21.1. The lowest BCUT2D eigenvalue weighted by molar-refractivity contribution is 0.369. The summed E-state index contributed by atoms with van der Waals surface area (Å²) >= 11 is 1.62. The fourth-order valence-corrected chi connectivity index (χ4v) is 4.88. The van der Waals surface area contributed by atoms with E-state index in [1.807, 2.05) is 19.1 Å². The van der Waals surface area contributed by atoms with Gasteiger partial charge in [0, 0.05) is 24.9 Å². The Morgan fingerprint density at radius 1 is 1.10 bits per heavy atom. The summed E-state index contributed by atoms with van der Waals surface area (Å²) in [6.07, 6.45) is 7.14. The Hall–Kier alpha value is -2.74. The zero-order valence-electron chi connectivity index (χ0n) is 17.9. The summed E-state index contributed by atoms with van der Waals surface area (Å²) < 4.78 is 18.5. The van der Waals surface area contributed by atoms with Crippen molar-refractivity contribution in [3.63, 3.8) is 0 Å². The highest BCUT2D eigenvalue weighted by Gasteiger charge is 2.20. The van der Waals surface area contributed by atoms with E-state index in [4.69, 9.17) is 24.3 Å². The lowest BCUT2D eigenvalue weighted by Crippen LogP contribution is -2.04. The average molecular weight is 429 g/mol. The number of benzene rings is 1. The first kappa shape index (κ1) is 20.5. The van der Waals surface area contributed by atoms with Crippen molar-refractivity contribution in [3.8, 4) is 27.8 Å². The van der Waals surface area contributed by atoms with Crippen molar-refractivity contribution < 1.29 is 14.2 Å². The molecule has 3 aromatic rings. The third kappa shape index (κ3) is 4.09. The summed E-state index contributed by atoms with van der Waals surface area (Å²) in [7, 11) is 4.91. The number of aromatic nitrogens is 3. The number of nitrogens with one attached hydrogen (secondary N) is 1. The summed E-state index contributed by atoms with van der Waals surface area (Å²) in [5, 5.41) is 9.09. The Bertz CT molecular complexity index is 983. The second-order valence-corrected chi connectivity index (χ2v) is 8.42. The van der Waals surface area contributed by atoms with E-state index in [1.54, 1.807) is 32.7 Å². The van der Waals surface area contributed by atoms with Crippen LogP contribution in [0.4, 0.5) is 5.13 Å². The molecule has 0 atom stereocenters. The second kappa shape index (κ2) is 8.95. The average Bonchev–Trinajstić information content (AvgIpc) is 3.51. The Balaban J connectivity index is 1.52. The molecule has 0 amide bonds. The fourth-order valence-electron chi connectivity index (χ4n) is 3.96. The van der Waals surface area contributed by atoms with Gasteiger partial charge < -0.3 is 19.5 Å². The van der Waals surface area contributed by atoms with Gasteiger partial charge in [0.15, 0.2) is 5.13 Å². The maximum Gasteiger partial charge on any atom is 0.183 e. The van der Waals surface area contributed by atoms with Crippen LogP contribution in [-0.2, 0) is 6.54 Å². The quantitative estimate of drug-likeness (QED) is 0.540. The Morgan fingerprint density at radius 2 is 1.80 bits per heavy atom. The molecule has 0 saturated heterocycles. The molecule has 160 valence electrons. The number of rotatable bonds is 8. The van der Waals surface area contributed by atoms with E-state index < -0.39 is 0 Å². The third-order valence-corrected chi connectivity index (χ3v) is 6.71. The second-order valence-electron chi connectivity index (χ2n) is 7.42. The molecular formula is C22H28N4O3S. The van der Waals surface area contributed by atoms with Crippen molar-refractivity contribution in [1.82, 2.24) is 14.8 Å². The largest absolute Gasteiger partial charge is 0.496 e. The molecular weight excluding hydrogens is 400 g/mol. The first-order valence-corrected chi connectivity index (χ1v) is 11.0. The first-order chi connectivity index (χ1) is 14.6. The molecule has 1 saturated carbocycles. The van der Waals surface area contributed by atoms with Gasteiger partial charge >= 0.3 is 0 Å². The molecule has 2 heterocycles. The van der Waals surface area contributed by atoms with Crippen molar-refractivity contribution in [2.75, 3.05) is 26.6 Å². The van der Waals surface area contributed by atoms with Crippen LogP contribution in [0.3, 0.4) is 0 Å². The molecule has 2 aromatic heterocycles. The van der Waals surface area contributed by atoms with Crippen LogP contribution in [0.15, 0.2) is 24.4 Å². The molecule has 1 N–H and O–H groups in total. The fraction of sp³-hybridized carbons (Fsp3) is 0.455. The maximum atomic E-state index is 5.54. The van der Waals surface area contributed by atoms with Gasteiger partial charge in [-0.15, -0.1) is 0 Å². The van der Waals surface area contributed by atoms with Crippen molar-refractivity contribution >= 4 is 16.5 Å². The number of anilines is 1. The molecule has 0 unspecified atom stereocenters. The number of hydrogen-bond acceptors (Lipinski definition) is 7. The summed E-state index contributed by atoms with van der Waals surface area (Å²) in [5.74, 6) is 2.11. The SMILES string of the molecule is COc1cc(OC)c(CNc2nc(C)c(-c3ccn(C4CCCC4)n3)s2)c(OC)c1. The molecule has 0 radical (unpaired) electrons. The summed E-state index contributed by atoms with van der Waals surface area (Å²) in [6, 6.07) is 6.35. The van der Waals surface area contributed by atoms with E-state index in [0.29, 0.717) is 29.8 Å². The highest BCUT2D eigenvalue weighted by atomic mass is 32.1. The number of aryl methyl sites for hydroxylation is 1. The third-order valence-electron chi connectivity index (χ3n) is 5.57. The molecule has 1 aromatic carbocycles. The van der Waals surface area contributed by atoms with Gasteiger partial charge in [-0.05, 0) is 25.8 Å². The minimum atomic E-state index is 0.527. The molecule has 1 aliphatic carbocycles. The minimum absolute atomic E-state index is 0.527. The van der Waals surface area contributed by atoms with Gasteiger partial charge in [-0.3, -0.25) is 4.68 Å². The van der Waals surface area contributed by atoms with Gasteiger partial charge in [0.05, 0.1) is 43.5 Å². The molecule has 1 aliphatic rings. The molecule has 30 heavy (non-hydrogen) atoms. The predicted molar refractivity (Wildman–Crippen MR) is 119 cm³/mol. The molecule has 0 bridgehead atoms. The van der Waals surface area contributed by atoms with Gasteiger partial charge in [0.25, 0.3) is 0 Å². The van der Waals surface area contributed by atoms with Crippen LogP contribution in [-0.4, -0.2) is 36.1 Å². The Kier molecular flexibility index (Phi) is 6.13. The minimum Gasteiger partial charge on any atom is -0.496 e. The van der Waals surface area contributed by atoms with Gasteiger partial charge in [0.1, 0.15) is 22.9 Å². The Morgan fingerprint density at radius 3 is 2.43 bits per heavy atom. The predicted octanol–water partition coefficient (Wildman–Crippen LogP) is 5.07. The summed E-state index contributed by atoms with van der Waals surface area (Å²) in [5.41, 5.74) is 2.89. The normalized spacial score (nSPS) is 14.1. The maximum absolute atomic E-state index is 5.54. The van der Waals surface area contributed by atoms with E-state index >= 15 is 0 Å². The van der Waals surface area contributed by atoms with E-state index in [0.717, 1.165) is 27.0 Å². The molecule has 8 heteroatoms. The number of hydrogen-bond donors (Lipinski definition) is 1. The molecule has 0 spiro atoms. The molecule has 1 fully saturated rings. The number of ether oxygens (including phenoxy) is 3. The first-order valence-electron chi connectivity index (χ1n) is 10.2. The number of nitrogens with zero attached hydrogens (tertiary/aromatic N) is 3. The summed E-state index contributed by atoms with van der Waals surface area (Å²) in [6.45, 7) is 2.55. The van der Waals surface area contributed by atoms with E-state index in [-0.39, 0.29) is 0 Å². The van der Waals surface area contributed by atoms with Crippen LogP contribution in [0.1, 0.15) is 43.0 Å². The van der Waals surface area contributed by atoms with Crippen LogP contribution in [0.2, 0.25) is 0 Å². The monoisotopic (exact) mass is 428 g/mol. The highest BCUT2D eigenvalue weighted by molar-refractivity contribution is 7.19. The van der Waals surface area contributed by atoms with Crippen molar-refractivity contribution in [2.24, 2.45) is 0 Å². The van der Waals surface area contributed by atoms with E-state index in [1.165, 1.54) is 25.7 Å². The van der Waals surface area contributed by atoms with Crippen molar-refractivity contribution in [2.45, 2.75) is 45.2 Å². The zero-order valence-corrected chi connectivity index (χ0v) is 18.7. The lowest BCUT2D eigenvalue weighted by Gasteiger charge is -2.15. The molecule has 0 aliphatic heterocycles. The van der Waals surface area contributed by atoms with Crippen LogP contribution >= 0.6 is 11.3 Å². The standard InChI is InChI=1S/C22H28N4O3S/c1-14-21(18-9-10-26(25-18)15-7-5-6-8-15)30-22(24-14)23-13-17-19(28-3)11-16(27-2)12-20(17)29-4/h9-12,15H,5-8,13H2,1-4H3,(H,23,24). The number of thiazole rings is 1. The topological polar surface area (TPSA) is 70.4 Å². The Labute approximate surface area is 181 Å². The van der Waals surface area contributed by atoms with Crippen molar-refractivity contribution in [1.29, 1.82) is 0 Å². The van der Waals surface area contributed by atoms with Crippen LogP contribution in [0.5, 0.6) is 17.2 Å². The van der Waals surface area contributed by atoms with Gasteiger partial charge in [-0.2, -0.15) is 5.10 Å². The lowest BCUT2D eigenvalue weighted by atomic mass is 10.1. The van der Waals surface area contributed by atoms with Crippen LogP contribution < -0.4 is 19.5 Å². The smallest absolute Gasteiger partial charge is 0.183 e. The molecule has 4 rings (SSSR count). The van der Waals surface area contributed by atoms with Crippen molar-refractivity contribution in [3.05, 3.63) is 35.7 Å². The van der Waals surface area contributed by atoms with E-state index in [9.17, 15) is 0 Å².